The Labute approximate surface area is 125 Å². The minimum absolute atomic E-state index is 0.491. The van der Waals surface area contributed by atoms with Gasteiger partial charge in [-0.2, -0.15) is 0 Å². The Kier molecular flexibility index (Phi) is 5.31. The summed E-state index contributed by atoms with van der Waals surface area (Å²) in [5.74, 6) is 0.822. The number of benzene rings is 1. The van der Waals surface area contributed by atoms with E-state index in [0.29, 0.717) is 13.1 Å². The molecule has 0 spiro atoms. The van der Waals surface area contributed by atoms with Crippen LogP contribution in [-0.2, 0) is 6.54 Å². The fraction of sp³-hybridized carbons (Fsp3) is 0.353. The first-order chi connectivity index (χ1) is 10.1. The number of nitrogens with one attached hydrogen (secondary N) is 1. The van der Waals surface area contributed by atoms with Gasteiger partial charge in [0.15, 0.2) is 0 Å². The summed E-state index contributed by atoms with van der Waals surface area (Å²) in [4.78, 5) is 4.25. The van der Waals surface area contributed by atoms with Crippen LogP contribution in [0.1, 0.15) is 28.5 Å². The molecule has 1 aromatic carbocycles. The molecule has 2 rings (SSSR count). The van der Waals surface area contributed by atoms with Gasteiger partial charge in [-0.15, -0.1) is 0 Å². The van der Waals surface area contributed by atoms with Gasteiger partial charge < -0.3 is 15.2 Å². The van der Waals surface area contributed by atoms with Gasteiger partial charge in [-0.3, -0.25) is 4.98 Å². The summed E-state index contributed by atoms with van der Waals surface area (Å²) in [5, 5.41) is 13.6. The summed E-state index contributed by atoms with van der Waals surface area (Å²) < 4.78 is 5.24. The van der Waals surface area contributed by atoms with E-state index >= 15 is 0 Å². The number of aryl methyl sites for hydroxylation is 2. The molecule has 2 aromatic rings. The van der Waals surface area contributed by atoms with E-state index in [0.717, 1.165) is 28.1 Å². The molecule has 1 atom stereocenters. The van der Waals surface area contributed by atoms with Gasteiger partial charge in [0, 0.05) is 19.3 Å². The molecule has 0 aliphatic rings. The fourth-order valence-electron chi connectivity index (χ4n) is 2.52. The van der Waals surface area contributed by atoms with Crippen LogP contribution in [0, 0.1) is 13.8 Å². The van der Waals surface area contributed by atoms with E-state index in [1.54, 1.807) is 13.3 Å². The van der Waals surface area contributed by atoms with Crippen molar-refractivity contribution in [1.29, 1.82) is 0 Å². The van der Waals surface area contributed by atoms with Gasteiger partial charge in [0.1, 0.15) is 5.75 Å². The van der Waals surface area contributed by atoms with Crippen molar-refractivity contribution < 1.29 is 9.84 Å². The first-order valence-electron chi connectivity index (χ1n) is 7.05. The average molecular weight is 286 g/mol. The van der Waals surface area contributed by atoms with Gasteiger partial charge in [0.05, 0.1) is 18.9 Å². The number of pyridine rings is 1. The Morgan fingerprint density at radius 3 is 2.52 bits per heavy atom. The molecule has 1 aromatic heterocycles. The largest absolute Gasteiger partial charge is 0.497 e. The van der Waals surface area contributed by atoms with Gasteiger partial charge in [0.2, 0.25) is 0 Å². The van der Waals surface area contributed by atoms with Crippen LogP contribution in [0.25, 0.3) is 0 Å². The second kappa shape index (κ2) is 7.20. The Bertz CT molecular complexity index is 562. The van der Waals surface area contributed by atoms with Gasteiger partial charge in [0.25, 0.3) is 0 Å². The molecule has 4 heteroatoms. The standard InChI is InChI=1S/C17H22N2O2/c1-12-8-15(21-3)9-13(2)17(12)16(20)11-18-10-14-6-4-5-7-19-14/h4-9,16,18,20H,10-11H2,1-3H3. The summed E-state index contributed by atoms with van der Waals surface area (Å²) in [7, 11) is 1.65. The Morgan fingerprint density at radius 1 is 1.24 bits per heavy atom. The van der Waals surface area contributed by atoms with Crippen LogP contribution in [0.2, 0.25) is 0 Å². The second-order valence-corrected chi connectivity index (χ2v) is 5.14. The molecule has 2 N–H and O–H groups in total. The summed E-state index contributed by atoms with van der Waals surface area (Å²) >= 11 is 0. The Morgan fingerprint density at radius 2 is 1.95 bits per heavy atom. The maximum atomic E-state index is 10.4. The highest BCUT2D eigenvalue weighted by atomic mass is 16.5. The third-order valence-corrected chi connectivity index (χ3v) is 3.51. The van der Waals surface area contributed by atoms with E-state index in [2.05, 4.69) is 10.3 Å². The molecular formula is C17H22N2O2. The van der Waals surface area contributed by atoms with Crippen LogP contribution >= 0.6 is 0 Å². The van der Waals surface area contributed by atoms with Crippen LogP contribution in [0.4, 0.5) is 0 Å². The van der Waals surface area contributed by atoms with Crippen LogP contribution in [-0.4, -0.2) is 23.7 Å². The summed E-state index contributed by atoms with van der Waals surface area (Å²) in [6.07, 6.45) is 1.23. The van der Waals surface area contributed by atoms with Crippen LogP contribution in [0.3, 0.4) is 0 Å². The lowest BCUT2D eigenvalue weighted by Crippen LogP contribution is -2.22. The molecule has 0 saturated carbocycles. The van der Waals surface area contributed by atoms with Crippen molar-refractivity contribution in [2.24, 2.45) is 0 Å². The summed E-state index contributed by atoms with van der Waals surface area (Å²) in [5.41, 5.74) is 4.01. The number of aliphatic hydroxyl groups excluding tert-OH is 1. The van der Waals surface area contributed by atoms with Gasteiger partial charge in [-0.25, -0.2) is 0 Å². The van der Waals surface area contributed by atoms with Gasteiger partial charge in [-0.1, -0.05) is 6.07 Å². The number of nitrogens with zero attached hydrogens (tertiary/aromatic N) is 1. The smallest absolute Gasteiger partial charge is 0.119 e. The summed E-state index contributed by atoms with van der Waals surface area (Å²) in [6.45, 7) is 5.12. The lowest BCUT2D eigenvalue weighted by Gasteiger charge is -2.18. The molecule has 21 heavy (non-hydrogen) atoms. The van der Waals surface area contributed by atoms with Crippen LogP contribution < -0.4 is 10.1 Å². The molecule has 0 radical (unpaired) electrons. The van der Waals surface area contributed by atoms with Crippen molar-refractivity contribution in [3.63, 3.8) is 0 Å². The van der Waals surface area contributed by atoms with E-state index in [1.165, 1.54) is 0 Å². The second-order valence-electron chi connectivity index (χ2n) is 5.14. The zero-order valence-electron chi connectivity index (χ0n) is 12.8. The molecule has 1 heterocycles. The number of hydrogen-bond donors (Lipinski definition) is 2. The molecule has 0 aliphatic heterocycles. The van der Waals surface area contributed by atoms with Crippen molar-refractivity contribution in [3.8, 4) is 5.75 Å². The monoisotopic (exact) mass is 286 g/mol. The number of methoxy groups -OCH3 is 1. The molecule has 0 aliphatic carbocycles. The Balaban J connectivity index is 1.99. The third kappa shape index (κ3) is 4.03. The molecule has 0 saturated heterocycles. The topological polar surface area (TPSA) is 54.4 Å². The number of ether oxygens (including phenoxy) is 1. The number of hydrogen-bond acceptors (Lipinski definition) is 4. The van der Waals surface area contributed by atoms with E-state index in [9.17, 15) is 5.11 Å². The highest BCUT2D eigenvalue weighted by Crippen LogP contribution is 2.26. The molecule has 0 amide bonds. The minimum atomic E-state index is -0.542. The Hall–Kier alpha value is -1.91. The zero-order valence-corrected chi connectivity index (χ0v) is 12.8. The number of aliphatic hydroxyl groups is 1. The van der Waals surface area contributed by atoms with Crippen molar-refractivity contribution in [3.05, 3.63) is 58.9 Å². The molecular weight excluding hydrogens is 264 g/mol. The van der Waals surface area contributed by atoms with Crippen molar-refractivity contribution in [1.82, 2.24) is 10.3 Å². The van der Waals surface area contributed by atoms with E-state index in [1.807, 2.05) is 44.2 Å². The molecule has 0 fully saturated rings. The first-order valence-corrected chi connectivity index (χ1v) is 7.05. The summed E-state index contributed by atoms with van der Waals surface area (Å²) in [6, 6.07) is 9.71. The fourth-order valence-corrected chi connectivity index (χ4v) is 2.52. The SMILES string of the molecule is COc1cc(C)c(C(O)CNCc2ccccn2)c(C)c1. The average Bonchev–Trinajstić information content (AvgIpc) is 2.47. The zero-order chi connectivity index (χ0) is 15.2. The lowest BCUT2D eigenvalue weighted by molar-refractivity contribution is 0.172. The lowest BCUT2D eigenvalue weighted by atomic mass is 9.97. The normalized spacial score (nSPS) is 12.2. The highest BCUT2D eigenvalue weighted by molar-refractivity contribution is 5.42. The van der Waals surface area contributed by atoms with Gasteiger partial charge >= 0.3 is 0 Å². The predicted octanol–water partition coefficient (Wildman–Crippen LogP) is 2.53. The van der Waals surface area contributed by atoms with Gasteiger partial charge in [-0.05, 0) is 54.8 Å². The first kappa shape index (κ1) is 15.5. The van der Waals surface area contributed by atoms with Crippen molar-refractivity contribution in [2.75, 3.05) is 13.7 Å². The maximum Gasteiger partial charge on any atom is 0.119 e. The number of rotatable bonds is 6. The quantitative estimate of drug-likeness (QED) is 0.857. The molecule has 4 nitrogen and oxygen atoms in total. The number of aromatic nitrogens is 1. The highest BCUT2D eigenvalue weighted by Gasteiger charge is 2.14. The van der Waals surface area contributed by atoms with E-state index in [4.69, 9.17) is 4.74 Å². The molecule has 112 valence electrons. The van der Waals surface area contributed by atoms with E-state index in [-0.39, 0.29) is 0 Å². The predicted molar refractivity (Wildman–Crippen MR) is 83.4 cm³/mol. The third-order valence-electron chi connectivity index (χ3n) is 3.51. The maximum absolute atomic E-state index is 10.4. The van der Waals surface area contributed by atoms with E-state index < -0.39 is 6.10 Å². The van der Waals surface area contributed by atoms with Crippen molar-refractivity contribution >= 4 is 0 Å². The van der Waals surface area contributed by atoms with Crippen LogP contribution in [0.5, 0.6) is 5.75 Å². The molecule has 1 unspecified atom stereocenters. The molecule has 0 bridgehead atoms. The minimum Gasteiger partial charge on any atom is -0.497 e. The van der Waals surface area contributed by atoms with Crippen LogP contribution in [0.15, 0.2) is 36.5 Å². The van der Waals surface area contributed by atoms with Crippen molar-refractivity contribution in [2.45, 2.75) is 26.5 Å².